The summed E-state index contributed by atoms with van der Waals surface area (Å²) in [5, 5.41) is 0. The van der Waals surface area contributed by atoms with Gasteiger partial charge in [0, 0.05) is 12.6 Å². The molecule has 0 saturated carbocycles. The topological polar surface area (TPSA) is 99.7 Å². The zero-order valence-corrected chi connectivity index (χ0v) is 18.6. The van der Waals surface area contributed by atoms with Crippen LogP contribution in [0.3, 0.4) is 0 Å². The molecule has 3 rings (SSSR count). The van der Waals surface area contributed by atoms with Gasteiger partial charge in [-0.1, -0.05) is 32.6 Å². The molecule has 0 radical (unpaired) electrons. The average Bonchev–Trinajstić information content (AvgIpc) is 3.41. The molecule has 8 nitrogen and oxygen atoms in total. The number of benzene rings is 1. The van der Waals surface area contributed by atoms with E-state index in [-0.39, 0.29) is 18.3 Å². The van der Waals surface area contributed by atoms with Gasteiger partial charge < -0.3 is 24.7 Å². The van der Waals surface area contributed by atoms with Crippen molar-refractivity contribution in [3.8, 4) is 5.75 Å². The summed E-state index contributed by atoms with van der Waals surface area (Å²) in [7, 11) is 1.30. The molecule has 3 atom stereocenters. The van der Waals surface area contributed by atoms with E-state index >= 15 is 0 Å². The summed E-state index contributed by atoms with van der Waals surface area (Å²) in [5.74, 6) is -0.232. The van der Waals surface area contributed by atoms with E-state index in [9.17, 15) is 14.0 Å². The lowest BCUT2D eigenvalue weighted by Crippen LogP contribution is -2.44. The molecule has 1 saturated heterocycles. The van der Waals surface area contributed by atoms with Crippen molar-refractivity contribution in [3.05, 3.63) is 42.6 Å². The summed E-state index contributed by atoms with van der Waals surface area (Å²) in [5.41, 5.74) is 5.78. The summed E-state index contributed by atoms with van der Waals surface area (Å²) < 4.78 is 25.8. The number of unbranched alkanes of at least 4 members (excludes halogenated alkanes) is 3. The molecule has 0 unspecified atom stereocenters. The van der Waals surface area contributed by atoms with Gasteiger partial charge in [-0.2, -0.15) is 0 Å². The second-order valence-electron chi connectivity index (χ2n) is 8.07. The fraction of sp³-hybridized carbons (Fsp3) is 0.522. The lowest BCUT2D eigenvalue weighted by Gasteiger charge is -2.28. The van der Waals surface area contributed by atoms with Crippen LogP contribution in [0.25, 0.3) is 0 Å². The van der Waals surface area contributed by atoms with Crippen LogP contribution < -0.4 is 10.5 Å². The van der Waals surface area contributed by atoms with Crippen LogP contribution in [-0.2, 0) is 14.3 Å². The Labute approximate surface area is 187 Å². The van der Waals surface area contributed by atoms with Crippen molar-refractivity contribution in [1.29, 1.82) is 0 Å². The first-order valence-corrected chi connectivity index (χ1v) is 11.0. The fourth-order valence-electron chi connectivity index (χ4n) is 4.07. The van der Waals surface area contributed by atoms with Crippen molar-refractivity contribution in [3.63, 3.8) is 0 Å². The Morgan fingerprint density at radius 1 is 1.25 bits per heavy atom. The van der Waals surface area contributed by atoms with Crippen molar-refractivity contribution in [2.75, 3.05) is 19.4 Å². The molecule has 1 aliphatic rings. The summed E-state index contributed by atoms with van der Waals surface area (Å²) in [4.78, 5) is 31.7. The van der Waals surface area contributed by atoms with E-state index in [2.05, 4.69) is 11.9 Å². The van der Waals surface area contributed by atoms with E-state index in [4.69, 9.17) is 15.2 Å². The molecule has 2 aromatic rings. The maximum absolute atomic E-state index is 13.6. The number of carbonyl (C=O) groups excluding carboxylic acids is 2. The molecular weight excluding hydrogens is 415 g/mol. The maximum atomic E-state index is 13.6. The number of likely N-dealkylation sites (tertiary alicyclic amines) is 1. The first-order chi connectivity index (χ1) is 15.4. The number of hydrogen-bond donors (Lipinski definition) is 1. The predicted molar refractivity (Wildman–Crippen MR) is 117 cm³/mol. The monoisotopic (exact) mass is 446 g/mol. The summed E-state index contributed by atoms with van der Waals surface area (Å²) in [6, 6.07) is 4.39. The highest BCUT2D eigenvalue weighted by molar-refractivity contribution is 5.87. The van der Waals surface area contributed by atoms with Gasteiger partial charge in [0.25, 0.3) is 0 Å². The van der Waals surface area contributed by atoms with Crippen LogP contribution in [-0.4, -0.2) is 52.1 Å². The molecule has 2 heterocycles. The number of nitrogen functional groups attached to an aromatic ring is 1. The quantitative estimate of drug-likeness (QED) is 0.444. The third kappa shape index (κ3) is 5.77. The number of carbonyl (C=O) groups is 2. The number of esters is 1. The first kappa shape index (κ1) is 23.6. The highest BCUT2D eigenvalue weighted by Gasteiger charge is 2.43. The number of rotatable bonds is 10. The van der Waals surface area contributed by atoms with E-state index in [0.717, 1.165) is 25.7 Å². The minimum Gasteiger partial charge on any atom is -0.488 e. The normalized spacial score (nSPS) is 19.0. The molecule has 9 heteroatoms. The number of anilines is 1. The van der Waals surface area contributed by atoms with Crippen LogP contribution in [0.4, 0.5) is 10.2 Å². The zero-order chi connectivity index (χ0) is 23.1. The molecule has 0 aliphatic carbocycles. The molecule has 1 aromatic heterocycles. The van der Waals surface area contributed by atoms with Crippen molar-refractivity contribution in [1.82, 2.24) is 14.5 Å². The van der Waals surface area contributed by atoms with Crippen LogP contribution >= 0.6 is 0 Å². The number of amides is 1. The number of hydrogen-bond acceptors (Lipinski definition) is 6. The second-order valence-corrected chi connectivity index (χ2v) is 8.07. The Morgan fingerprint density at radius 3 is 2.62 bits per heavy atom. The van der Waals surface area contributed by atoms with E-state index in [1.54, 1.807) is 17.1 Å². The molecule has 1 fully saturated rings. The van der Waals surface area contributed by atoms with Gasteiger partial charge in [0.15, 0.2) is 0 Å². The molecule has 0 spiro atoms. The minimum atomic E-state index is -0.753. The van der Waals surface area contributed by atoms with E-state index in [1.807, 2.05) is 0 Å². The number of aromatic nitrogens is 2. The number of nitrogens with two attached hydrogens (primary N) is 1. The highest BCUT2D eigenvalue weighted by atomic mass is 19.1. The number of ether oxygens (including phenoxy) is 2. The Morgan fingerprint density at radius 2 is 2.00 bits per heavy atom. The predicted octanol–water partition coefficient (Wildman–Crippen LogP) is 3.34. The molecule has 1 aliphatic heterocycles. The van der Waals surface area contributed by atoms with Crippen LogP contribution in [0.5, 0.6) is 5.75 Å². The highest BCUT2D eigenvalue weighted by Crippen LogP contribution is 2.29. The standard InChI is InChI=1S/C23H31FN4O4/c1-3-4-5-6-7-19(27-14-21(25)26-15-27)22(29)28-13-18(12-20(28)23(30)31-2)32-17-10-8-16(24)9-11-17/h8-11,14-15,18-20H,3-7,12-13,25H2,1-2H3/t18-,19+,20-/m0/s1. The fourth-order valence-corrected chi connectivity index (χ4v) is 4.07. The van der Waals surface area contributed by atoms with Gasteiger partial charge in [-0.05, 0) is 30.7 Å². The van der Waals surface area contributed by atoms with E-state index in [0.29, 0.717) is 24.4 Å². The van der Waals surface area contributed by atoms with Gasteiger partial charge in [-0.15, -0.1) is 0 Å². The number of halogens is 1. The molecule has 0 bridgehead atoms. The molecule has 32 heavy (non-hydrogen) atoms. The van der Waals surface area contributed by atoms with Crippen molar-refractivity contribution in [2.24, 2.45) is 0 Å². The van der Waals surface area contributed by atoms with Crippen molar-refractivity contribution < 1.29 is 23.5 Å². The lowest BCUT2D eigenvalue weighted by molar-refractivity contribution is -0.152. The average molecular weight is 447 g/mol. The Balaban J connectivity index is 1.78. The van der Waals surface area contributed by atoms with Crippen molar-refractivity contribution >= 4 is 17.7 Å². The van der Waals surface area contributed by atoms with Crippen LogP contribution in [0.15, 0.2) is 36.8 Å². The molecule has 1 aromatic carbocycles. The Bertz CT molecular complexity index is 902. The number of methoxy groups -OCH3 is 1. The summed E-state index contributed by atoms with van der Waals surface area (Å²) in [6.07, 6.45) is 7.75. The minimum absolute atomic E-state index is 0.195. The summed E-state index contributed by atoms with van der Waals surface area (Å²) in [6.45, 7) is 2.36. The Hall–Kier alpha value is -3.10. The first-order valence-electron chi connectivity index (χ1n) is 11.0. The van der Waals surface area contributed by atoms with Gasteiger partial charge in [-0.25, -0.2) is 14.2 Å². The molecular formula is C23H31FN4O4. The third-order valence-electron chi connectivity index (χ3n) is 5.73. The van der Waals surface area contributed by atoms with Crippen molar-refractivity contribution in [2.45, 2.75) is 63.6 Å². The van der Waals surface area contributed by atoms with Gasteiger partial charge in [-0.3, -0.25) is 4.79 Å². The molecule has 174 valence electrons. The van der Waals surface area contributed by atoms with Crippen LogP contribution in [0.2, 0.25) is 0 Å². The number of nitrogens with zero attached hydrogens (tertiary/aromatic N) is 3. The smallest absolute Gasteiger partial charge is 0.328 e. The van der Waals surface area contributed by atoms with E-state index < -0.39 is 24.2 Å². The zero-order valence-electron chi connectivity index (χ0n) is 18.6. The number of imidazole rings is 1. The van der Waals surface area contributed by atoms with Gasteiger partial charge >= 0.3 is 5.97 Å². The maximum Gasteiger partial charge on any atom is 0.328 e. The SMILES string of the molecule is CCCCCC[C@H](C(=O)N1C[C@@H](Oc2ccc(F)cc2)C[C@H]1C(=O)OC)n1cnc(N)c1. The van der Waals surface area contributed by atoms with E-state index in [1.165, 1.54) is 36.3 Å². The van der Waals surface area contributed by atoms with Gasteiger partial charge in [0.2, 0.25) is 5.91 Å². The van der Waals surface area contributed by atoms with Crippen LogP contribution in [0.1, 0.15) is 51.5 Å². The van der Waals surface area contributed by atoms with Gasteiger partial charge in [0.1, 0.15) is 35.6 Å². The summed E-state index contributed by atoms with van der Waals surface area (Å²) >= 11 is 0. The van der Waals surface area contributed by atoms with Gasteiger partial charge in [0.05, 0.1) is 20.0 Å². The lowest BCUT2D eigenvalue weighted by atomic mass is 10.1. The third-order valence-corrected chi connectivity index (χ3v) is 5.73. The second kappa shape index (κ2) is 11.0. The van der Waals surface area contributed by atoms with Crippen LogP contribution in [0, 0.1) is 5.82 Å². The largest absolute Gasteiger partial charge is 0.488 e. The Kier molecular flexibility index (Phi) is 8.08. The molecule has 1 amide bonds. The molecule has 2 N–H and O–H groups in total.